The Morgan fingerprint density at radius 2 is 1.77 bits per heavy atom. The first-order valence-corrected chi connectivity index (χ1v) is 11.1. The monoisotopic (exact) mass is 483 g/mol. The Bertz CT molecular complexity index is 1120. The van der Waals surface area contributed by atoms with Gasteiger partial charge in [0.2, 0.25) is 5.91 Å². The molecule has 0 aliphatic heterocycles. The molecule has 0 saturated carbocycles. The highest BCUT2D eigenvalue weighted by molar-refractivity contribution is 5.94. The molecule has 1 aromatic heterocycles. The number of carbonyl (C=O) groups is 2. The number of hydrogen-bond acceptors (Lipinski definition) is 5. The maximum atomic E-state index is 13.4. The molecule has 3 aromatic rings. The molecule has 3 rings (SSSR count). The highest BCUT2D eigenvalue weighted by Crippen LogP contribution is 2.29. The first-order valence-electron chi connectivity index (χ1n) is 11.1. The van der Waals surface area contributed by atoms with Crippen LogP contribution in [-0.2, 0) is 17.9 Å². The lowest BCUT2D eigenvalue weighted by Crippen LogP contribution is -2.47. The third-order valence-electron chi connectivity index (χ3n) is 5.41. The van der Waals surface area contributed by atoms with Crippen LogP contribution in [0.15, 0.2) is 65.3 Å². The second-order valence-electron chi connectivity index (χ2n) is 8.17. The van der Waals surface area contributed by atoms with Crippen LogP contribution in [0.1, 0.15) is 25.2 Å². The number of urea groups is 1. The fraction of sp³-hybridized carbons (Fsp3) is 0.308. The van der Waals surface area contributed by atoms with E-state index in [1.807, 2.05) is 13.8 Å². The predicted octanol–water partition coefficient (Wildman–Crippen LogP) is 4.91. The normalized spacial score (nSPS) is 10.7. The molecule has 8 nitrogen and oxygen atoms in total. The maximum absolute atomic E-state index is 13.4. The molecule has 0 aliphatic carbocycles. The van der Waals surface area contributed by atoms with E-state index in [2.05, 4.69) is 5.32 Å². The molecule has 9 heteroatoms. The Morgan fingerprint density at radius 3 is 2.37 bits per heavy atom. The molecule has 0 bridgehead atoms. The molecule has 1 N–H and O–H groups in total. The van der Waals surface area contributed by atoms with Crippen LogP contribution in [0.5, 0.6) is 11.5 Å². The minimum Gasteiger partial charge on any atom is -0.497 e. The Kier molecular flexibility index (Phi) is 8.72. The molecule has 0 atom stereocenters. The second kappa shape index (κ2) is 11.9. The number of ether oxygens (including phenoxy) is 2. The van der Waals surface area contributed by atoms with E-state index in [-0.39, 0.29) is 37.4 Å². The molecule has 35 heavy (non-hydrogen) atoms. The Hall–Kier alpha value is -4.01. The van der Waals surface area contributed by atoms with Crippen molar-refractivity contribution >= 4 is 17.6 Å². The zero-order valence-electron chi connectivity index (χ0n) is 20.3. The summed E-state index contributed by atoms with van der Waals surface area (Å²) in [6.45, 7) is 3.94. The molecule has 0 spiro atoms. The van der Waals surface area contributed by atoms with Crippen molar-refractivity contribution in [2.75, 3.05) is 26.1 Å². The maximum Gasteiger partial charge on any atom is 0.322 e. The number of hydrogen-bond donors (Lipinski definition) is 1. The Morgan fingerprint density at radius 1 is 1.03 bits per heavy atom. The summed E-state index contributed by atoms with van der Waals surface area (Å²) in [6.07, 6.45) is 1.53. The van der Waals surface area contributed by atoms with Gasteiger partial charge in [-0.3, -0.25) is 4.79 Å². The van der Waals surface area contributed by atoms with Gasteiger partial charge in [0, 0.05) is 18.7 Å². The van der Waals surface area contributed by atoms with Crippen LogP contribution in [0, 0.1) is 5.82 Å². The number of anilines is 1. The third-order valence-corrected chi connectivity index (χ3v) is 5.41. The van der Waals surface area contributed by atoms with E-state index in [1.54, 1.807) is 54.5 Å². The molecular formula is C26H30FN3O5. The lowest BCUT2D eigenvalue weighted by Gasteiger charge is -2.30. The van der Waals surface area contributed by atoms with Crippen LogP contribution in [0.25, 0.3) is 0 Å². The average molecular weight is 484 g/mol. The zero-order valence-corrected chi connectivity index (χ0v) is 20.3. The van der Waals surface area contributed by atoms with E-state index in [1.165, 1.54) is 30.4 Å². The molecule has 0 radical (unpaired) electrons. The van der Waals surface area contributed by atoms with Crippen molar-refractivity contribution in [3.05, 3.63) is 78.0 Å². The molecule has 3 amide bonds. The summed E-state index contributed by atoms with van der Waals surface area (Å²) in [6, 6.07) is 13.8. The van der Waals surface area contributed by atoms with E-state index in [9.17, 15) is 14.0 Å². The van der Waals surface area contributed by atoms with Crippen LogP contribution < -0.4 is 14.8 Å². The van der Waals surface area contributed by atoms with Crippen LogP contribution in [0.2, 0.25) is 0 Å². The highest BCUT2D eigenvalue weighted by Gasteiger charge is 2.25. The van der Waals surface area contributed by atoms with Gasteiger partial charge in [0.05, 0.1) is 32.7 Å². The first kappa shape index (κ1) is 25.6. The van der Waals surface area contributed by atoms with Crippen LogP contribution in [0.4, 0.5) is 14.9 Å². The van der Waals surface area contributed by atoms with Crippen LogP contribution in [0.3, 0.4) is 0 Å². The summed E-state index contributed by atoms with van der Waals surface area (Å²) in [5.41, 5.74) is 1.21. The molecular weight excluding hydrogens is 453 g/mol. The van der Waals surface area contributed by atoms with Gasteiger partial charge in [-0.05, 0) is 55.8 Å². The van der Waals surface area contributed by atoms with Crippen molar-refractivity contribution in [3.63, 3.8) is 0 Å². The number of furan rings is 1. The first-order chi connectivity index (χ1) is 16.8. The summed E-state index contributed by atoms with van der Waals surface area (Å²) in [4.78, 5) is 29.5. The lowest BCUT2D eigenvalue weighted by molar-refractivity contribution is -0.133. The van der Waals surface area contributed by atoms with Crippen molar-refractivity contribution < 1.29 is 27.9 Å². The summed E-state index contributed by atoms with van der Waals surface area (Å²) >= 11 is 0. The van der Waals surface area contributed by atoms with Crippen LogP contribution >= 0.6 is 0 Å². The fourth-order valence-corrected chi connectivity index (χ4v) is 3.46. The van der Waals surface area contributed by atoms with Gasteiger partial charge in [0.15, 0.2) is 0 Å². The average Bonchev–Trinajstić information content (AvgIpc) is 3.36. The van der Waals surface area contributed by atoms with Crippen molar-refractivity contribution in [2.24, 2.45) is 0 Å². The van der Waals surface area contributed by atoms with Crippen molar-refractivity contribution in [1.29, 1.82) is 0 Å². The molecule has 0 fully saturated rings. The van der Waals surface area contributed by atoms with Gasteiger partial charge in [-0.15, -0.1) is 0 Å². The van der Waals surface area contributed by atoms with Crippen molar-refractivity contribution in [3.8, 4) is 11.5 Å². The quantitative estimate of drug-likeness (QED) is 0.443. The number of rotatable bonds is 10. The SMILES string of the molecule is COc1ccc(NC(=O)N(CC(=O)N(Cc2ccc(F)cc2)Cc2ccco2)C(C)C)c(OC)c1. The predicted molar refractivity (Wildman–Crippen MR) is 130 cm³/mol. The Labute approximate surface area is 204 Å². The Balaban J connectivity index is 1.77. The molecule has 1 heterocycles. The topological polar surface area (TPSA) is 84.3 Å². The smallest absolute Gasteiger partial charge is 0.322 e. The molecule has 2 aromatic carbocycles. The third kappa shape index (κ3) is 6.99. The largest absolute Gasteiger partial charge is 0.497 e. The number of halogens is 1. The van der Waals surface area contributed by atoms with E-state index < -0.39 is 6.03 Å². The summed E-state index contributed by atoms with van der Waals surface area (Å²) in [5.74, 6) is 0.989. The van der Waals surface area contributed by atoms with Gasteiger partial charge in [-0.25, -0.2) is 9.18 Å². The van der Waals surface area contributed by atoms with Gasteiger partial charge < -0.3 is 29.0 Å². The number of methoxy groups -OCH3 is 2. The molecule has 0 aliphatic rings. The van der Waals surface area contributed by atoms with Crippen LogP contribution in [-0.4, -0.2) is 48.5 Å². The number of nitrogens with zero attached hydrogens (tertiary/aromatic N) is 2. The zero-order chi connectivity index (χ0) is 25.4. The minimum atomic E-state index is -0.448. The van der Waals surface area contributed by atoms with Gasteiger partial charge in [0.25, 0.3) is 0 Å². The highest BCUT2D eigenvalue weighted by atomic mass is 19.1. The second-order valence-corrected chi connectivity index (χ2v) is 8.17. The van der Waals surface area contributed by atoms with Gasteiger partial charge >= 0.3 is 6.03 Å². The summed E-state index contributed by atoms with van der Waals surface area (Å²) < 4.78 is 29.3. The van der Waals surface area contributed by atoms with Crippen molar-refractivity contribution in [2.45, 2.75) is 33.0 Å². The van der Waals surface area contributed by atoms with Gasteiger partial charge in [0.1, 0.15) is 29.6 Å². The van der Waals surface area contributed by atoms with Gasteiger partial charge in [-0.2, -0.15) is 0 Å². The van der Waals surface area contributed by atoms with E-state index in [4.69, 9.17) is 13.9 Å². The van der Waals surface area contributed by atoms with E-state index >= 15 is 0 Å². The van der Waals surface area contributed by atoms with Crippen molar-refractivity contribution in [1.82, 2.24) is 9.80 Å². The number of nitrogens with one attached hydrogen (secondary N) is 1. The molecule has 186 valence electrons. The fourth-order valence-electron chi connectivity index (χ4n) is 3.46. The number of benzene rings is 2. The molecule has 0 unspecified atom stereocenters. The number of amides is 3. The minimum absolute atomic E-state index is 0.163. The van der Waals surface area contributed by atoms with E-state index in [0.717, 1.165) is 5.56 Å². The standard InChI is InChI=1S/C26H30FN3O5/c1-18(2)30(26(32)28-23-12-11-21(33-3)14-24(23)34-4)17-25(31)29(16-22-6-5-13-35-22)15-19-7-9-20(27)10-8-19/h5-14,18H,15-17H2,1-4H3,(H,28,32). The van der Waals surface area contributed by atoms with E-state index in [0.29, 0.717) is 22.9 Å². The van der Waals surface area contributed by atoms with Gasteiger partial charge in [-0.1, -0.05) is 12.1 Å². The summed E-state index contributed by atoms with van der Waals surface area (Å²) in [5, 5.41) is 2.82. The molecule has 0 saturated heterocycles. The number of carbonyl (C=O) groups excluding carboxylic acids is 2. The lowest BCUT2D eigenvalue weighted by atomic mass is 10.2. The summed E-state index contributed by atoms with van der Waals surface area (Å²) in [7, 11) is 3.04.